The number of carbonyl (C=O) groups is 2. The van der Waals surface area contributed by atoms with E-state index in [2.05, 4.69) is 21.2 Å². The zero-order valence-electron chi connectivity index (χ0n) is 10.5. The molecule has 0 saturated heterocycles. The molecule has 0 bridgehead atoms. The third-order valence-corrected chi connectivity index (χ3v) is 4.06. The Hall–Kier alpha value is -0.880. The van der Waals surface area contributed by atoms with Crippen LogP contribution in [0.1, 0.15) is 25.6 Å². The summed E-state index contributed by atoms with van der Waals surface area (Å²) in [5.74, 6) is -2.58. The van der Waals surface area contributed by atoms with E-state index in [1.807, 2.05) is 12.1 Å². The van der Waals surface area contributed by atoms with Crippen LogP contribution in [0.25, 0.3) is 0 Å². The molecule has 2 N–H and O–H groups in total. The van der Waals surface area contributed by atoms with Gasteiger partial charge >= 0.3 is 5.97 Å². The van der Waals surface area contributed by atoms with Crippen LogP contribution in [0.5, 0.6) is 0 Å². The number of carboxylic acids is 1. The smallest absolute Gasteiger partial charge is 0.316 e. The minimum atomic E-state index is -1.09. The Labute approximate surface area is 119 Å². The lowest BCUT2D eigenvalue weighted by Gasteiger charge is -2.25. The number of hydrogen-bond donors (Lipinski definition) is 2. The van der Waals surface area contributed by atoms with Crippen LogP contribution < -0.4 is 5.32 Å². The van der Waals surface area contributed by atoms with Gasteiger partial charge in [0.1, 0.15) is 5.92 Å². The molecule has 1 aromatic rings. The molecule has 1 unspecified atom stereocenters. The molecule has 0 fully saturated rings. The van der Waals surface area contributed by atoms with Gasteiger partial charge in [0.05, 0.1) is 10.3 Å². The van der Waals surface area contributed by atoms with Crippen molar-refractivity contribution in [1.29, 1.82) is 0 Å². The lowest BCUT2D eigenvalue weighted by atomic mass is 9.80. The molecule has 0 radical (unpaired) electrons. The Morgan fingerprint density at radius 2 is 2.06 bits per heavy atom. The molecular weight excluding hydrogens is 318 g/mol. The van der Waals surface area contributed by atoms with Gasteiger partial charge in [0.2, 0.25) is 5.91 Å². The molecule has 0 spiro atoms. The van der Waals surface area contributed by atoms with Gasteiger partial charge in [-0.3, -0.25) is 9.59 Å². The molecule has 1 aromatic heterocycles. The van der Waals surface area contributed by atoms with Crippen molar-refractivity contribution in [3.63, 3.8) is 0 Å². The van der Waals surface area contributed by atoms with Gasteiger partial charge in [-0.05, 0) is 33.5 Å². The Bertz CT molecular complexity index is 450. The highest BCUT2D eigenvalue weighted by molar-refractivity contribution is 9.11. The molecule has 100 valence electrons. The molecule has 0 aromatic carbocycles. The summed E-state index contributed by atoms with van der Waals surface area (Å²) in [5, 5.41) is 11.8. The van der Waals surface area contributed by atoms with Crippen molar-refractivity contribution in [2.75, 3.05) is 0 Å². The number of carbonyl (C=O) groups excluding carboxylic acids is 1. The van der Waals surface area contributed by atoms with E-state index in [-0.39, 0.29) is 0 Å². The van der Waals surface area contributed by atoms with Crippen LogP contribution in [0.3, 0.4) is 0 Å². The Morgan fingerprint density at radius 1 is 1.44 bits per heavy atom. The van der Waals surface area contributed by atoms with Crippen molar-refractivity contribution >= 4 is 39.1 Å². The van der Waals surface area contributed by atoms with E-state index in [9.17, 15) is 9.59 Å². The molecular formula is C12H16BrNO3S. The molecule has 1 rings (SSSR count). The highest BCUT2D eigenvalue weighted by Crippen LogP contribution is 2.27. The maximum Gasteiger partial charge on any atom is 0.316 e. The molecule has 0 aliphatic rings. The van der Waals surface area contributed by atoms with E-state index in [0.29, 0.717) is 6.54 Å². The zero-order valence-corrected chi connectivity index (χ0v) is 12.9. The lowest BCUT2D eigenvalue weighted by molar-refractivity contribution is -0.151. The minimum absolute atomic E-state index is 0.356. The van der Waals surface area contributed by atoms with Crippen LogP contribution in [0.2, 0.25) is 0 Å². The average Bonchev–Trinajstić information content (AvgIpc) is 2.58. The van der Waals surface area contributed by atoms with Crippen LogP contribution in [0.4, 0.5) is 0 Å². The van der Waals surface area contributed by atoms with Crippen LogP contribution in [-0.4, -0.2) is 17.0 Å². The molecule has 1 heterocycles. The summed E-state index contributed by atoms with van der Waals surface area (Å²) in [6.45, 7) is 5.59. The second kappa shape index (κ2) is 5.84. The first kappa shape index (κ1) is 15.2. The molecule has 1 atom stereocenters. The molecule has 0 aliphatic heterocycles. The fourth-order valence-electron chi connectivity index (χ4n) is 1.60. The monoisotopic (exact) mass is 333 g/mol. The van der Waals surface area contributed by atoms with Gasteiger partial charge in [0.25, 0.3) is 0 Å². The fourth-order valence-corrected chi connectivity index (χ4v) is 3.02. The highest BCUT2D eigenvalue weighted by atomic mass is 79.9. The van der Waals surface area contributed by atoms with Gasteiger partial charge in [-0.15, -0.1) is 11.3 Å². The summed E-state index contributed by atoms with van der Waals surface area (Å²) < 4.78 is 0.984. The predicted molar refractivity (Wildman–Crippen MR) is 74.4 cm³/mol. The van der Waals surface area contributed by atoms with Gasteiger partial charge in [-0.1, -0.05) is 20.8 Å². The van der Waals surface area contributed by atoms with E-state index in [1.54, 1.807) is 20.8 Å². The maximum absolute atomic E-state index is 11.9. The highest BCUT2D eigenvalue weighted by Gasteiger charge is 2.37. The quantitative estimate of drug-likeness (QED) is 0.832. The fraction of sp³-hybridized carbons (Fsp3) is 0.500. The number of aliphatic carboxylic acids is 1. The number of rotatable bonds is 4. The number of thiophene rings is 1. The summed E-state index contributed by atoms with van der Waals surface area (Å²) in [6.07, 6.45) is 0. The van der Waals surface area contributed by atoms with E-state index in [1.165, 1.54) is 11.3 Å². The Balaban J connectivity index is 2.66. The van der Waals surface area contributed by atoms with Crippen LogP contribution in [-0.2, 0) is 16.1 Å². The van der Waals surface area contributed by atoms with E-state index < -0.39 is 23.2 Å². The molecule has 18 heavy (non-hydrogen) atoms. The standard InChI is InChI=1S/C12H16BrNO3S/c1-12(2,3)9(11(16)17)10(15)14-6-7-4-5-8(13)18-7/h4-5,9H,6H2,1-3H3,(H,14,15)(H,16,17). The third-order valence-electron chi connectivity index (χ3n) is 2.44. The zero-order chi connectivity index (χ0) is 13.9. The number of hydrogen-bond acceptors (Lipinski definition) is 3. The Morgan fingerprint density at radius 3 is 2.44 bits per heavy atom. The van der Waals surface area contributed by atoms with E-state index >= 15 is 0 Å². The van der Waals surface area contributed by atoms with Crippen LogP contribution >= 0.6 is 27.3 Å². The van der Waals surface area contributed by atoms with E-state index in [4.69, 9.17) is 5.11 Å². The normalized spacial score (nSPS) is 13.1. The van der Waals surface area contributed by atoms with Crippen LogP contribution in [0.15, 0.2) is 15.9 Å². The summed E-state index contributed by atoms with van der Waals surface area (Å²) in [6, 6.07) is 3.78. The molecule has 6 heteroatoms. The van der Waals surface area contributed by atoms with Gasteiger partial charge in [0.15, 0.2) is 0 Å². The van der Waals surface area contributed by atoms with Crippen molar-refractivity contribution in [2.45, 2.75) is 27.3 Å². The molecule has 0 saturated carbocycles. The number of nitrogens with one attached hydrogen (secondary N) is 1. The van der Waals surface area contributed by atoms with Crippen molar-refractivity contribution in [3.05, 3.63) is 20.8 Å². The number of carboxylic acid groups (broad SMARTS) is 1. The first-order valence-electron chi connectivity index (χ1n) is 5.46. The maximum atomic E-state index is 11.9. The van der Waals surface area contributed by atoms with Crippen LogP contribution in [0, 0.1) is 11.3 Å². The summed E-state index contributed by atoms with van der Waals surface area (Å²) in [5.41, 5.74) is -0.605. The molecule has 4 nitrogen and oxygen atoms in total. The van der Waals surface area contributed by atoms with Crippen molar-refractivity contribution < 1.29 is 14.7 Å². The van der Waals surface area contributed by atoms with Crippen molar-refractivity contribution in [2.24, 2.45) is 11.3 Å². The first-order chi connectivity index (χ1) is 8.21. The van der Waals surface area contributed by atoms with Gasteiger partial charge in [-0.25, -0.2) is 0 Å². The van der Waals surface area contributed by atoms with Gasteiger partial charge < -0.3 is 10.4 Å². The van der Waals surface area contributed by atoms with Crippen molar-refractivity contribution in [3.8, 4) is 0 Å². The minimum Gasteiger partial charge on any atom is -0.481 e. The van der Waals surface area contributed by atoms with E-state index in [0.717, 1.165) is 8.66 Å². The second-order valence-electron chi connectivity index (χ2n) is 5.06. The number of halogens is 1. The average molecular weight is 334 g/mol. The molecule has 1 amide bonds. The number of amides is 1. The second-order valence-corrected chi connectivity index (χ2v) is 7.61. The van der Waals surface area contributed by atoms with Crippen molar-refractivity contribution in [1.82, 2.24) is 5.32 Å². The predicted octanol–water partition coefficient (Wildman–Crippen LogP) is 2.87. The third kappa shape index (κ3) is 4.10. The SMILES string of the molecule is CC(C)(C)C(C(=O)O)C(=O)NCc1ccc(Br)s1. The largest absolute Gasteiger partial charge is 0.481 e. The lowest BCUT2D eigenvalue weighted by Crippen LogP contribution is -2.42. The summed E-state index contributed by atoms with van der Waals surface area (Å²) in [7, 11) is 0. The summed E-state index contributed by atoms with van der Waals surface area (Å²) in [4.78, 5) is 24.0. The topological polar surface area (TPSA) is 66.4 Å². The Kier molecular flexibility index (Phi) is 4.92. The van der Waals surface area contributed by atoms with Gasteiger partial charge in [0, 0.05) is 4.88 Å². The summed E-state index contributed by atoms with van der Waals surface area (Å²) >= 11 is 4.85. The first-order valence-corrected chi connectivity index (χ1v) is 7.07. The van der Waals surface area contributed by atoms with Gasteiger partial charge in [-0.2, -0.15) is 0 Å². The molecule has 0 aliphatic carbocycles.